The third-order valence-electron chi connectivity index (χ3n) is 4.76. The molecule has 7 nitrogen and oxygen atoms in total. The highest BCUT2D eigenvalue weighted by Crippen LogP contribution is 2.36. The quantitative estimate of drug-likeness (QED) is 0.716. The van der Waals surface area contributed by atoms with Gasteiger partial charge in [0.25, 0.3) is 11.1 Å². The number of hydrogen-bond donors (Lipinski definition) is 0. The summed E-state index contributed by atoms with van der Waals surface area (Å²) in [6, 6.07) is 7.79. The second kappa shape index (κ2) is 7.37. The summed E-state index contributed by atoms with van der Waals surface area (Å²) in [5.41, 5.74) is 3.83. The van der Waals surface area contributed by atoms with Crippen LogP contribution < -0.4 is 9.47 Å². The minimum Gasteiger partial charge on any atom is -0.454 e. The number of hydrogen-bond acceptors (Lipinski definition) is 6. The summed E-state index contributed by atoms with van der Waals surface area (Å²) in [4.78, 5) is 26.3. The monoisotopic (exact) mass is 400 g/mol. The Morgan fingerprint density at radius 1 is 1.18 bits per heavy atom. The number of rotatable bonds is 5. The first-order valence-corrected chi connectivity index (χ1v) is 9.64. The second-order valence-corrected chi connectivity index (χ2v) is 7.52. The fourth-order valence-corrected chi connectivity index (χ4v) is 4.23. The highest BCUT2D eigenvalue weighted by Gasteiger charge is 2.34. The van der Waals surface area contributed by atoms with E-state index in [0.717, 1.165) is 40.2 Å². The van der Waals surface area contributed by atoms with Crippen LogP contribution in [0.4, 0.5) is 4.79 Å². The Morgan fingerprint density at radius 3 is 2.75 bits per heavy atom. The van der Waals surface area contributed by atoms with Gasteiger partial charge in [0.1, 0.15) is 0 Å². The van der Waals surface area contributed by atoms with E-state index in [2.05, 4.69) is 4.57 Å². The predicted octanol–water partition coefficient (Wildman–Crippen LogP) is 3.51. The minimum atomic E-state index is -0.278. The van der Waals surface area contributed by atoms with Crippen LogP contribution in [0.25, 0.3) is 11.8 Å². The molecule has 0 spiro atoms. The summed E-state index contributed by atoms with van der Waals surface area (Å²) in [7, 11) is 1.54. The van der Waals surface area contributed by atoms with E-state index in [4.69, 9.17) is 14.2 Å². The lowest BCUT2D eigenvalue weighted by atomic mass is 10.2. The first kappa shape index (κ1) is 18.6. The predicted molar refractivity (Wildman–Crippen MR) is 106 cm³/mol. The maximum atomic E-state index is 12.6. The average molecular weight is 400 g/mol. The summed E-state index contributed by atoms with van der Waals surface area (Å²) < 4.78 is 17.9. The maximum absolute atomic E-state index is 12.6. The van der Waals surface area contributed by atoms with Gasteiger partial charge in [-0.25, -0.2) is 0 Å². The molecule has 146 valence electrons. The number of nitrogens with zero attached hydrogens (tertiary/aromatic N) is 2. The Morgan fingerprint density at radius 2 is 1.96 bits per heavy atom. The van der Waals surface area contributed by atoms with Crippen molar-refractivity contribution in [1.82, 2.24) is 9.47 Å². The number of fused-ring (bicyclic) bond motifs is 1. The Kier molecular flexibility index (Phi) is 4.91. The van der Waals surface area contributed by atoms with E-state index in [0.29, 0.717) is 17.3 Å². The van der Waals surface area contributed by atoms with Gasteiger partial charge < -0.3 is 18.8 Å². The van der Waals surface area contributed by atoms with E-state index < -0.39 is 0 Å². The summed E-state index contributed by atoms with van der Waals surface area (Å²) >= 11 is 0.960. The Bertz CT molecular complexity index is 995. The molecule has 0 N–H and O–H groups in total. The van der Waals surface area contributed by atoms with Gasteiger partial charge >= 0.3 is 0 Å². The number of thioether (sulfide) groups is 1. The van der Waals surface area contributed by atoms with Crippen molar-refractivity contribution in [2.45, 2.75) is 13.8 Å². The fourth-order valence-electron chi connectivity index (χ4n) is 3.37. The molecule has 1 aromatic heterocycles. The largest absolute Gasteiger partial charge is 0.454 e. The van der Waals surface area contributed by atoms with E-state index in [-0.39, 0.29) is 24.5 Å². The molecule has 4 rings (SSSR count). The van der Waals surface area contributed by atoms with Crippen LogP contribution in [0.5, 0.6) is 11.5 Å². The Hall–Kier alpha value is -2.71. The van der Waals surface area contributed by atoms with Crippen LogP contribution in [0, 0.1) is 13.8 Å². The van der Waals surface area contributed by atoms with Crippen LogP contribution in [0.2, 0.25) is 0 Å². The molecule has 1 saturated heterocycles. The number of benzene rings is 1. The van der Waals surface area contributed by atoms with Gasteiger partial charge in [-0.2, -0.15) is 0 Å². The zero-order valence-electron chi connectivity index (χ0n) is 15.9. The van der Waals surface area contributed by atoms with E-state index in [9.17, 15) is 9.59 Å². The van der Waals surface area contributed by atoms with Crippen molar-refractivity contribution in [1.29, 1.82) is 0 Å². The number of amides is 2. The maximum Gasteiger partial charge on any atom is 0.293 e. The highest BCUT2D eigenvalue weighted by molar-refractivity contribution is 8.18. The van der Waals surface area contributed by atoms with Gasteiger partial charge in [-0.1, -0.05) is 0 Å². The number of imide groups is 1. The van der Waals surface area contributed by atoms with Gasteiger partial charge in [0.15, 0.2) is 11.5 Å². The topological polar surface area (TPSA) is 70.0 Å². The molecule has 0 radical (unpaired) electrons. The molecule has 3 heterocycles. The third kappa shape index (κ3) is 3.18. The smallest absolute Gasteiger partial charge is 0.293 e. The number of methoxy groups -OCH3 is 1. The molecule has 28 heavy (non-hydrogen) atoms. The van der Waals surface area contributed by atoms with Crippen LogP contribution >= 0.6 is 11.8 Å². The summed E-state index contributed by atoms with van der Waals surface area (Å²) in [6.45, 7) is 4.79. The highest BCUT2D eigenvalue weighted by atomic mass is 32.2. The van der Waals surface area contributed by atoms with Gasteiger partial charge in [0.05, 0.1) is 18.1 Å². The van der Waals surface area contributed by atoms with E-state index in [1.165, 1.54) is 4.90 Å². The van der Waals surface area contributed by atoms with Crippen molar-refractivity contribution in [2.75, 3.05) is 27.1 Å². The van der Waals surface area contributed by atoms with Gasteiger partial charge in [-0.15, -0.1) is 0 Å². The van der Waals surface area contributed by atoms with Crippen molar-refractivity contribution in [3.8, 4) is 17.2 Å². The van der Waals surface area contributed by atoms with Crippen LogP contribution in [-0.2, 0) is 9.53 Å². The summed E-state index contributed by atoms with van der Waals surface area (Å²) in [5, 5.41) is -0.266. The molecule has 1 aromatic carbocycles. The number of aryl methyl sites for hydroxylation is 1. The molecule has 1 fully saturated rings. The molecule has 2 aromatic rings. The van der Waals surface area contributed by atoms with Crippen LogP contribution in [0.15, 0.2) is 29.2 Å². The molecule has 2 amide bonds. The molecular formula is C20H20N2O5S. The van der Waals surface area contributed by atoms with E-state index in [1.807, 2.05) is 38.1 Å². The average Bonchev–Trinajstić information content (AvgIpc) is 3.31. The first-order chi connectivity index (χ1) is 13.5. The van der Waals surface area contributed by atoms with Crippen LogP contribution in [0.1, 0.15) is 17.0 Å². The third-order valence-corrected chi connectivity index (χ3v) is 5.67. The molecule has 2 aliphatic heterocycles. The van der Waals surface area contributed by atoms with Crippen molar-refractivity contribution >= 4 is 29.0 Å². The van der Waals surface area contributed by atoms with Gasteiger partial charge in [0, 0.05) is 30.3 Å². The molecule has 0 bridgehead atoms. The SMILES string of the molecule is COCCN1C(=O)S/C(=C/c2cc(C)n(-c3ccc4c(c3)OCO4)c2C)C1=O. The second-order valence-electron chi connectivity index (χ2n) is 6.53. The van der Waals surface area contributed by atoms with Gasteiger partial charge in [0.2, 0.25) is 6.79 Å². The number of carbonyl (C=O) groups excluding carboxylic acids is 2. The lowest BCUT2D eigenvalue weighted by Gasteiger charge is -2.11. The number of ether oxygens (including phenoxy) is 3. The molecular weight excluding hydrogens is 380 g/mol. The van der Waals surface area contributed by atoms with Crippen molar-refractivity contribution in [3.63, 3.8) is 0 Å². The lowest BCUT2D eigenvalue weighted by Crippen LogP contribution is -2.31. The molecule has 2 aliphatic rings. The van der Waals surface area contributed by atoms with Gasteiger partial charge in [-0.05, 0) is 55.4 Å². The normalized spacial score (nSPS) is 17.2. The van der Waals surface area contributed by atoms with Crippen LogP contribution in [-0.4, -0.2) is 47.7 Å². The van der Waals surface area contributed by atoms with E-state index >= 15 is 0 Å². The Labute approximate surface area is 166 Å². The number of aromatic nitrogens is 1. The summed E-state index contributed by atoms with van der Waals surface area (Å²) in [6.07, 6.45) is 1.78. The molecule has 0 aliphatic carbocycles. The van der Waals surface area contributed by atoms with Crippen molar-refractivity contribution in [2.24, 2.45) is 0 Å². The van der Waals surface area contributed by atoms with Crippen molar-refractivity contribution < 1.29 is 23.8 Å². The zero-order valence-corrected chi connectivity index (χ0v) is 16.7. The lowest BCUT2D eigenvalue weighted by molar-refractivity contribution is -0.123. The molecule has 0 saturated carbocycles. The van der Waals surface area contributed by atoms with Crippen LogP contribution in [0.3, 0.4) is 0 Å². The first-order valence-electron chi connectivity index (χ1n) is 8.83. The van der Waals surface area contributed by atoms with Gasteiger partial charge in [-0.3, -0.25) is 14.5 Å². The fraction of sp³-hybridized carbons (Fsp3) is 0.300. The summed E-state index contributed by atoms with van der Waals surface area (Å²) in [5.74, 6) is 1.17. The Balaban J connectivity index is 1.66. The number of carbonyl (C=O) groups is 2. The molecule has 0 atom stereocenters. The standard InChI is InChI=1S/C20H20N2O5S/c1-12-8-14(9-18-19(23)21(6-7-25-3)20(24)28-18)13(2)22(12)15-4-5-16-17(10-15)27-11-26-16/h4-5,8-10H,6-7,11H2,1-3H3/b18-9+. The molecule has 8 heteroatoms. The van der Waals surface area contributed by atoms with Crippen molar-refractivity contribution in [3.05, 3.63) is 46.1 Å². The zero-order chi connectivity index (χ0) is 19.8. The van der Waals surface area contributed by atoms with E-state index in [1.54, 1.807) is 13.2 Å². The molecule has 0 unspecified atom stereocenters. The minimum absolute atomic E-state index is 0.229.